The predicted octanol–water partition coefficient (Wildman–Crippen LogP) is 4.26. The van der Waals surface area contributed by atoms with Crippen molar-refractivity contribution in [3.05, 3.63) is 58.9 Å². The molecular weight excluding hydrogens is 249 g/mol. The maximum absolute atomic E-state index is 13.0. The average molecular weight is 264 g/mol. The third kappa shape index (κ3) is 3.09. The monoisotopic (exact) mass is 263 g/mol. The van der Waals surface area contributed by atoms with Gasteiger partial charge in [-0.05, 0) is 35.9 Å². The molecule has 0 bridgehead atoms. The van der Waals surface area contributed by atoms with Crippen LogP contribution in [-0.2, 0) is 6.54 Å². The van der Waals surface area contributed by atoms with E-state index in [9.17, 15) is 4.39 Å². The molecule has 0 amide bonds. The van der Waals surface area contributed by atoms with Crippen LogP contribution in [0.5, 0.6) is 0 Å². The van der Waals surface area contributed by atoms with Gasteiger partial charge in [-0.15, -0.1) is 0 Å². The molecule has 0 heterocycles. The quantitative estimate of drug-likeness (QED) is 0.869. The van der Waals surface area contributed by atoms with Crippen molar-refractivity contribution in [3.63, 3.8) is 0 Å². The molecule has 0 aromatic heterocycles. The summed E-state index contributed by atoms with van der Waals surface area (Å²) in [7, 11) is 0. The largest absolute Gasteiger partial charge is 0.313 e. The molecule has 0 aliphatic rings. The predicted molar refractivity (Wildman–Crippen MR) is 74.2 cm³/mol. The van der Waals surface area contributed by atoms with E-state index in [1.54, 1.807) is 6.07 Å². The van der Waals surface area contributed by atoms with Crippen LogP contribution in [0.3, 0.4) is 0 Å². The van der Waals surface area contributed by atoms with E-state index in [0.717, 1.165) is 24.2 Å². The van der Waals surface area contributed by atoms with E-state index in [0.29, 0.717) is 5.02 Å². The van der Waals surface area contributed by atoms with Gasteiger partial charge < -0.3 is 5.32 Å². The number of hydrogen-bond acceptors (Lipinski definition) is 1. The van der Waals surface area contributed by atoms with Crippen molar-refractivity contribution >= 4 is 11.6 Å². The lowest BCUT2D eigenvalue weighted by molar-refractivity contribution is 0.628. The second-order valence-corrected chi connectivity index (χ2v) is 4.51. The van der Waals surface area contributed by atoms with E-state index in [2.05, 4.69) is 24.4 Å². The van der Waals surface area contributed by atoms with Gasteiger partial charge in [0.15, 0.2) is 0 Å². The van der Waals surface area contributed by atoms with E-state index >= 15 is 0 Å². The first kappa shape index (κ1) is 13.1. The molecule has 2 aromatic rings. The lowest BCUT2D eigenvalue weighted by Gasteiger charge is -2.07. The van der Waals surface area contributed by atoms with Gasteiger partial charge in [0.2, 0.25) is 0 Å². The molecule has 94 valence electrons. The SMILES string of the molecule is CCNCc1ccc(-c2ccc(F)cc2Cl)cc1. The van der Waals surface area contributed by atoms with Crippen LogP contribution in [-0.4, -0.2) is 6.54 Å². The van der Waals surface area contributed by atoms with E-state index in [1.165, 1.54) is 17.7 Å². The summed E-state index contributed by atoms with van der Waals surface area (Å²) in [4.78, 5) is 0. The Labute approximate surface area is 112 Å². The third-order valence-corrected chi connectivity index (χ3v) is 3.09. The Hall–Kier alpha value is -1.38. The topological polar surface area (TPSA) is 12.0 Å². The highest BCUT2D eigenvalue weighted by Crippen LogP contribution is 2.28. The highest BCUT2D eigenvalue weighted by molar-refractivity contribution is 6.33. The Morgan fingerprint density at radius 2 is 1.83 bits per heavy atom. The minimum absolute atomic E-state index is 0.312. The molecule has 0 aliphatic heterocycles. The molecule has 0 saturated carbocycles. The third-order valence-electron chi connectivity index (χ3n) is 2.78. The standard InChI is InChI=1S/C15H15ClFN/c1-2-18-10-11-3-5-12(6-4-11)14-8-7-13(17)9-15(14)16/h3-9,18H,2,10H2,1H3. The molecule has 0 saturated heterocycles. The maximum atomic E-state index is 13.0. The van der Waals surface area contributed by atoms with E-state index in [4.69, 9.17) is 11.6 Å². The Kier molecular flexibility index (Phi) is 4.34. The van der Waals surface area contributed by atoms with Gasteiger partial charge in [0, 0.05) is 12.1 Å². The summed E-state index contributed by atoms with van der Waals surface area (Å²) in [6.45, 7) is 3.88. The fourth-order valence-corrected chi connectivity index (χ4v) is 2.07. The zero-order valence-corrected chi connectivity index (χ0v) is 11.0. The fraction of sp³-hybridized carbons (Fsp3) is 0.200. The van der Waals surface area contributed by atoms with Gasteiger partial charge in [-0.1, -0.05) is 42.8 Å². The molecule has 0 atom stereocenters. The first-order chi connectivity index (χ1) is 8.70. The molecule has 0 aliphatic carbocycles. The van der Waals surface area contributed by atoms with Crippen LogP contribution < -0.4 is 5.32 Å². The second-order valence-electron chi connectivity index (χ2n) is 4.10. The number of nitrogens with one attached hydrogen (secondary N) is 1. The Morgan fingerprint density at radius 1 is 1.11 bits per heavy atom. The van der Waals surface area contributed by atoms with Crippen molar-refractivity contribution in [2.75, 3.05) is 6.54 Å². The van der Waals surface area contributed by atoms with Crippen LogP contribution in [0.4, 0.5) is 4.39 Å². The fourth-order valence-electron chi connectivity index (χ4n) is 1.80. The number of benzene rings is 2. The maximum Gasteiger partial charge on any atom is 0.124 e. The highest BCUT2D eigenvalue weighted by atomic mass is 35.5. The van der Waals surface area contributed by atoms with Gasteiger partial charge in [-0.25, -0.2) is 4.39 Å². The molecule has 18 heavy (non-hydrogen) atoms. The van der Waals surface area contributed by atoms with Gasteiger partial charge in [0.05, 0.1) is 5.02 Å². The first-order valence-electron chi connectivity index (χ1n) is 5.96. The van der Waals surface area contributed by atoms with Crippen LogP contribution in [0.2, 0.25) is 5.02 Å². The second kappa shape index (κ2) is 5.98. The molecule has 0 fully saturated rings. The van der Waals surface area contributed by atoms with Crippen molar-refractivity contribution in [1.82, 2.24) is 5.32 Å². The van der Waals surface area contributed by atoms with Crippen LogP contribution in [0.1, 0.15) is 12.5 Å². The molecule has 0 spiro atoms. The highest BCUT2D eigenvalue weighted by Gasteiger charge is 2.04. The Balaban J connectivity index is 2.23. The Morgan fingerprint density at radius 3 is 2.44 bits per heavy atom. The molecule has 0 unspecified atom stereocenters. The van der Waals surface area contributed by atoms with Crippen LogP contribution in [0.15, 0.2) is 42.5 Å². The molecule has 0 radical (unpaired) electrons. The molecule has 1 N–H and O–H groups in total. The summed E-state index contributed by atoms with van der Waals surface area (Å²) in [5.74, 6) is -0.312. The van der Waals surface area contributed by atoms with Crippen molar-refractivity contribution in [1.29, 1.82) is 0 Å². The average Bonchev–Trinajstić information content (AvgIpc) is 2.37. The lowest BCUT2D eigenvalue weighted by Crippen LogP contribution is -2.11. The van der Waals surface area contributed by atoms with Crippen molar-refractivity contribution in [3.8, 4) is 11.1 Å². The van der Waals surface area contributed by atoms with E-state index in [1.807, 2.05) is 12.1 Å². The number of halogens is 2. The lowest BCUT2D eigenvalue weighted by atomic mass is 10.0. The van der Waals surface area contributed by atoms with Gasteiger partial charge in [0.25, 0.3) is 0 Å². The molecule has 3 heteroatoms. The van der Waals surface area contributed by atoms with Crippen LogP contribution >= 0.6 is 11.6 Å². The summed E-state index contributed by atoms with van der Waals surface area (Å²) in [5.41, 5.74) is 3.08. The smallest absolute Gasteiger partial charge is 0.124 e. The van der Waals surface area contributed by atoms with Crippen molar-refractivity contribution < 1.29 is 4.39 Å². The van der Waals surface area contributed by atoms with E-state index < -0.39 is 0 Å². The van der Waals surface area contributed by atoms with Crippen LogP contribution in [0, 0.1) is 5.82 Å². The van der Waals surface area contributed by atoms with Gasteiger partial charge in [0.1, 0.15) is 5.82 Å². The van der Waals surface area contributed by atoms with Crippen molar-refractivity contribution in [2.24, 2.45) is 0 Å². The van der Waals surface area contributed by atoms with Crippen LogP contribution in [0.25, 0.3) is 11.1 Å². The van der Waals surface area contributed by atoms with E-state index in [-0.39, 0.29) is 5.82 Å². The molecule has 2 rings (SSSR count). The first-order valence-corrected chi connectivity index (χ1v) is 6.33. The number of rotatable bonds is 4. The summed E-state index contributed by atoms with van der Waals surface area (Å²) >= 11 is 6.04. The normalized spacial score (nSPS) is 10.6. The summed E-state index contributed by atoms with van der Waals surface area (Å²) in [6, 6.07) is 12.6. The zero-order valence-electron chi connectivity index (χ0n) is 10.2. The summed E-state index contributed by atoms with van der Waals surface area (Å²) in [6.07, 6.45) is 0. The van der Waals surface area contributed by atoms with Gasteiger partial charge in [-0.2, -0.15) is 0 Å². The van der Waals surface area contributed by atoms with Crippen molar-refractivity contribution in [2.45, 2.75) is 13.5 Å². The molecular formula is C15H15ClFN. The Bertz CT molecular complexity index is 523. The summed E-state index contributed by atoms with van der Waals surface area (Å²) < 4.78 is 13.0. The molecule has 2 aromatic carbocycles. The number of hydrogen-bond donors (Lipinski definition) is 1. The molecule has 1 nitrogen and oxygen atoms in total. The minimum Gasteiger partial charge on any atom is -0.313 e. The summed E-state index contributed by atoms with van der Waals surface area (Å²) in [5, 5.41) is 3.71. The van der Waals surface area contributed by atoms with Gasteiger partial charge >= 0.3 is 0 Å². The zero-order chi connectivity index (χ0) is 13.0. The minimum atomic E-state index is -0.312. The van der Waals surface area contributed by atoms with Gasteiger partial charge in [-0.3, -0.25) is 0 Å².